The first-order chi connectivity index (χ1) is 12.8. The summed E-state index contributed by atoms with van der Waals surface area (Å²) in [4.78, 5) is 27.3. The maximum Gasteiger partial charge on any atom is 0.252 e. The average Bonchev–Trinajstić information content (AvgIpc) is 2.64. The summed E-state index contributed by atoms with van der Waals surface area (Å²) in [6.45, 7) is 4.09. The summed E-state index contributed by atoms with van der Waals surface area (Å²) in [5, 5.41) is 3.46. The van der Waals surface area contributed by atoms with Gasteiger partial charge < -0.3 is 5.32 Å². The second kappa shape index (κ2) is 8.00. The Morgan fingerprint density at radius 2 is 1.81 bits per heavy atom. The fourth-order valence-electron chi connectivity index (χ4n) is 2.86. The zero-order valence-corrected chi connectivity index (χ0v) is 17.3. The van der Waals surface area contributed by atoms with E-state index in [1.54, 1.807) is 30.3 Å². The molecule has 7 heteroatoms. The van der Waals surface area contributed by atoms with E-state index in [2.05, 4.69) is 5.32 Å². The number of hydrogen-bond acceptors (Lipinski definition) is 4. The van der Waals surface area contributed by atoms with Crippen LogP contribution in [0.5, 0.6) is 0 Å². The number of nitrogens with one attached hydrogen (secondary N) is 1. The second-order valence-corrected chi connectivity index (χ2v) is 9.46. The van der Waals surface area contributed by atoms with E-state index in [0.717, 1.165) is 5.56 Å². The third-order valence-corrected chi connectivity index (χ3v) is 6.37. The Morgan fingerprint density at radius 3 is 2.48 bits per heavy atom. The second-order valence-electron chi connectivity index (χ2n) is 6.76. The average molecular weight is 419 g/mol. The first-order valence-corrected chi connectivity index (χ1v) is 10.0. The summed E-state index contributed by atoms with van der Waals surface area (Å²) in [6, 6.07) is 15.5. The van der Waals surface area contributed by atoms with Crippen molar-refractivity contribution in [1.82, 2.24) is 10.2 Å². The van der Waals surface area contributed by atoms with E-state index in [0.29, 0.717) is 14.9 Å². The number of thiocarbonyl (C=S) groups is 1. The first kappa shape index (κ1) is 19.9. The van der Waals surface area contributed by atoms with Gasteiger partial charge in [-0.15, -0.1) is 0 Å². The lowest BCUT2D eigenvalue weighted by molar-refractivity contribution is -0.130. The Hall–Kier alpha value is -1.89. The van der Waals surface area contributed by atoms with Crippen molar-refractivity contribution in [2.75, 3.05) is 0 Å². The van der Waals surface area contributed by atoms with Gasteiger partial charge in [0, 0.05) is 15.3 Å². The van der Waals surface area contributed by atoms with Crippen LogP contribution in [-0.4, -0.2) is 31.8 Å². The third-order valence-electron chi connectivity index (χ3n) is 4.38. The molecule has 0 spiro atoms. The maximum atomic E-state index is 13.2. The summed E-state index contributed by atoms with van der Waals surface area (Å²) in [5.41, 5.74) is 1.32. The monoisotopic (exact) mass is 418 g/mol. The van der Waals surface area contributed by atoms with Crippen molar-refractivity contribution in [1.29, 1.82) is 0 Å². The van der Waals surface area contributed by atoms with Crippen molar-refractivity contribution < 1.29 is 9.59 Å². The Balaban J connectivity index is 1.84. The number of benzene rings is 2. The quantitative estimate of drug-likeness (QED) is 0.753. The van der Waals surface area contributed by atoms with Crippen LogP contribution in [0.4, 0.5) is 0 Å². The summed E-state index contributed by atoms with van der Waals surface area (Å²) in [6.07, 6.45) is 0. The van der Waals surface area contributed by atoms with Crippen molar-refractivity contribution in [3.8, 4) is 0 Å². The van der Waals surface area contributed by atoms with E-state index in [1.165, 1.54) is 16.7 Å². The molecule has 0 saturated carbocycles. The summed E-state index contributed by atoms with van der Waals surface area (Å²) < 4.78 is -0.0783. The van der Waals surface area contributed by atoms with Gasteiger partial charge >= 0.3 is 0 Å². The highest BCUT2D eigenvalue weighted by molar-refractivity contribution is 8.24. The van der Waals surface area contributed by atoms with Crippen LogP contribution in [0.1, 0.15) is 29.8 Å². The molecule has 1 atom stereocenters. The molecule has 4 nitrogen and oxygen atoms in total. The van der Waals surface area contributed by atoms with Crippen molar-refractivity contribution in [3.63, 3.8) is 0 Å². The number of thioether (sulfide) groups is 1. The summed E-state index contributed by atoms with van der Waals surface area (Å²) >= 11 is 13.1. The Morgan fingerprint density at radius 1 is 1.19 bits per heavy atom. The van der Waals surface area contributed by atoms with Gasteiger partial charge in [0.2, 0.25) is 0 Å². The highest BCUT2D eigenvalue weighted by Gasteiger charge is 2.46. The lowest BCUT2D eigenvalue weighted by Crippen LogP contribution is -2.62. The fourth-order valence-corrected chi connectivity index (χ4v) is 4.85. The van der Waals surface area contributed by atoms with Crippen LogP contribution in [0.25, 0.3) is 0 Å². The van der Waals surface area contributed by atoms with Gasteiger partial charge in [-0.05, 0) is 37.6 Å². The summed E-state index contributed by atoms with van der Waals surface area (Å²) in [7, 11) is 0. The molecule has 3 rings (SSSR count). The molecule has 1 aliphatic rings. The number of amides is 2. The first-order valence-electron chi connectivity index (χ1n) is 8.43. The van der Waals surface area contributed by atoms with Crippen LogP contribution < -0.4 is 5.32 Å². The molecule has 1 heterocycles. The van der Waals surface area contributed by atoms with E-state index < -0.39 is 10.8 Å². The summed E-state index contributed by atoms with van der Waals surface area (Å²) in [5.74, 6) is -0.513. The van der Waals surface area contributed by atoms with E-state index in [9.17, 15) is 9.59 Å². The van der Waals surface area contributed by atoms with Crippen LogP contribution >= 0.6 is 35.6 Å². The predicted octanol–water partition coefficient (Wildman–Crippen LogP) is 4.28. The number of carbonyl (C=O) groups excluding carboxylic acids is 2. The SMILES string of the molecule is CC1(C)SC(=S)N(Cc2ccccc2Cl)C(=O)C1NC(=O)c1ccccc1. The number of halogens is 1. The van der Waals surface area contributed by atoms with Crippen molar-refractivity contribution in [2.45, 2.75) is 31.2 Å². The molecule has 1 saturated heterocycles. The van der Waals surface area contributed by atoms with E-state index >= 15 is 0 Å². The number of carbonyl (C=O) groups is 2. The molecular formula is C20H19ClN2O2S2. The molecule has 140 valence electrons. The van der Waals surface area contributed by atoms with E-state index in [4.69, 9.17) is 23.8 Å². The highest BCUT2D eigenvalue weighted by atomic mass is 35.5. The fraction of sp³-hybridized carbons (Fsp3) is 0.250. The van der Waals surface area contributed by atoms with Crippen LogP contribution in [0.3, 0.4) is 0 Å². The molecule has 27 heavy (non-hydrogen) atoms. The molecular weight excluding hydrogens is 400 g/mol. The smallest absolute Gasteiger partial charge is 0.252 e. The van der Waals surface area contributed by atoms with Gasteiger partial charge in [-0.1, -0.05) is 72.0 Å². The lowest BCUT2D eigenvalue weighted by atomic mass is 10.00. The topological polar surface area (TPSA) is 49.4 Å². The van der Waals surface area contributed by atoms with Gasteiger partial charge in [0.15, 0.2) is 0 Å². The normalized spacial score (nSPS) is 19.1. The van der Waals surface area contributed by atoms with Crippen LogP contribution in [0.15, 0.2) is 54.6 Å². The van der Waals surface area contributed by atoms with Gasteiger partial charge in [0.05, 0.1) is 6.54 Å². The molecule has 2 aromatic rings. The molecule has 1 N–H and O–H groups in total. The molecule has 1 fully saturated rings. The van der Waals surface area contributed by atoms with Gasteiger partial charge in [0.1, 0.15) is 10.4 Å². The third kappa shape index (κ3) is 4.34. The van der Waals surface area contributed by atoms with Gasteiger partial charge in [0.25, 0.3) is 11.8 Å². The molecule has 0 aromatic heterocycles. The highest BCUT2D eigenvalue weighted by Crippen LogP contribution is 2.37. The van der Waals surface area contributed by atoms with E-state index in [1.807, 2.05) is 38.1 Å². The minimum Gasteiger partial charge on any atom is -0.339 e. The van der Waals surface area contributed by atoms with Crippen LogP contribution in [0.2, 0.25) is 5.02 Å². The molecule has 0 bridgehead atoms. The molecule has 2 aromatic carbocycles. The zero-order valence-electron chi connectivity index (χ0n) is 14.9. The number of rotatable bonds is 4. The molecule has 1 unspecified atom stereocenters. The minimum absolute atomic E-state index is 0.229. The van der Waals surface area contributed by atoms with Crippen LogP contribution in [0, 0.1) is 0 Å². The standard InChI is InChI=1S/C20H19ClN2O2S2/c1-20(2)16(22-17(24)13-8-4-3-5-9-13)18(25)23(19(26)27-20)12-14-10-6-7-11-15(14)21/h3-11,16H,12H2,1-2H3,(H,22,24). The molecule has 2 amide bonds. The molecule has 0 radical (unpaired) electrons. The number of nitrogens with zero attached hydrogens (tertiary/aromatic N) is 1. The van der Waals surface area contributed by atoms with Gasteiger partial charge in [-0.25, -0.2) is 0 Å². The van der Waals surface area contributed by atoms with Gasteiger partial charge in [-0.3, -0.25) is 14.5 Å². The Kier molecular flexibility index (Phi) is 5.89. The van der Waals surface area contributed by atoms with Crippen LogP contribution in [-0.2, 0) is 11.3 Å². The Labute approximate surface area is 173 Å². The van der Waals surface area contributed by atoms with Crippen molar-refractivity contribution in [2.24, 2.45) is 0 Å². The van der Waals surface area contributed by atoms with Gasteiger partial charge in [-0.2, -0.15) is 0 Å². The van der Waals surface area contributed by atoms with Crippen molar-refractivity contribution >= 4 is 51.7 Å². The maximum absolute atomic E-state index is 13.2. The predicted molar refractivity (Wildman–Crippen MR) is 114 cm³/mol. The molecule has 1 aliphatic heterocycles. The number of hydrogen-bond donors (Lipinski definition) is 1. The van der Waals surface area contributed by atoms with E-state index in [-0.39, 0.29) is 18.4 Å². The largest absolute Gasteiger partial charge is 0.339 e. The van der Waals surface area contributed by atoms with Crippen molar-refractivity contribution in [3.05, 3.63) is 70.7 Å². The lowest BCUT2D eigenvalue weighted by Gasteiger charge is -2.42. The Bertz CT molecular complexity index is 887. The molecule has 0 aliphatic carbocycles. The zero-order chi connectivity index (χ0) is 19.6. The minimum atomic E-state index is -0.704.